The van der Waals surface area contributed by atoms with Crippen molar-refractivity contribution in [3.05, 3.63) is 0 Å². The number of nitrogens with zero attached hydrogens (tertiary/aromatic N) is 2. The fourth-order valence-corrected chi connectivity index (χ4v) is 3.35. The van der Waals surface area contributed by atoms with E-state index >= 15 is 0 Å². The van der Waals surface area contributed by atoms with Crippen LogP contribution in [0, 0.1) is 0 Å². The summed E-state index contributed by atoms with van der Waals surface area (Å²) in [7, 11) is 1.78. The summed E-state index contributed by atoms with van der Waals surface area (Å²) in [5, 5.41) is 0. The van der Waals surface area contributed by atoms with Gasteiger partial charge in [0, 0.05) is 31.8 Å². The van der Waals surface area contributed by atoms with Gasteiger partial charge in [-0.2, -0.15) is 0 Å². The molecule has 1 saturated heterocycles. The highest BCUT2D eigenvalue weighted by Crippen LogP contribution is 2.29. The molecule has 0 radical (unpaired) electrons. The third-order valence-electron chi connectivity index (χ3n) is 4.48. The lowest BCUT2D eigenvalue weighted by molar-refractivity contribution is -0.00867. The van der Waals surface area contributed by atoms with Crippen molar-refractivity contribution in [1.29, 1.82) is 0 Å². The predicted molar refractivity (Wildman–Crippen MR) is 81.5 cm³/mol. The van der Waals surface area contributed by atoms with Gasteiger partial charge in [0.1, 0.15) is 0 Å². The number of likely N-dealkylation sites (tertiary alicyclic amines) is 1. The quantitative estimate of drug-likeness (QED) is 0.727. The molecule has 0 saturated carbocycles. The fourth-order valence-electron chi connectivity index (χ4n) is 3.35. The Morgan fingerprint density at radius 2 is 1.95 bits per heavy atom. The van der Waals surface area contributed by atoms with E-state index in [0.29, 0.717) is 6.04 Å². The van der Waals surface area contributed by atoms with Crippen molar-refractivity contribution in [1.82, 2.24) is 9.80 Å². The van der Waals surface area contributed by atoms with Gasteiger partial charge < -0.3 is 15.4 Å². The van der Waals surface area contributed by atoms with Gasteiger partial charge in [-0.25, -0.2) is 0 Å². The minimum Gasteiger partial charge on any atom is -0.383 e. The zero-order valence-corrected chi connectivity index (χ0v) is 13.3. The zero-order valence-electron chi connectivity index (χ0n) is 13.3. The number of nitrogens with two attached hydrogens (primary N) is 1. The Kier molecular flexibility index (Phi) is 7.29. The Labute approximate surface area is 119 Å². The average Bonchev–Trinajstić information content (AvgIpc) is 2.41. The second kappa shape index (κ2) is 8.20. The van der Waals surface area contributed by atoms with Crippen LogP contribution in [-0.4, -0.2) is 67.8 Å². The van der Waals surface area contributed by atoms with E-state index in [4.69, 9.17) is 10.5 Å². The van der Waals surface area contributed by atoms with Gasteiger partial charge in [-0.1, -0.05) is 6.92 Å². The summed E-state index contributed by atoms with van der Waals surface area (Å²) in [6.07, 6.45) is 3.62. The Morgan fingerprint density at radius 1 is 1.32 bits per heavy atom. The predicted octanol–water partition coefficient (Wildman–Crippen LogP) is 1.55. The number of piperidine rings is 1. The molecule has 1 fully saturated rings. The van der Waals surface area contributed by atoms with Crippen LogP contribution in [0.5, 0.6) is 0 Å². The van der Waals surface area contributed by atoms with Crippen LogP contribution in [0.3, 0.4) is 0 Å². The van der Waals surface area contributed by atoms with Crippen LogP contribution in [-0.2, 0) is 4.74 Å². The third kappa shape index (κ3) is 4.42. The lowest BCUT2D eigenvalue weighted by atomic mass is 9.84. The molecule has 0 aliphatic carbocycles. The summed E-state index contributed by atoms with van der Waals surface area (Å²) < 4.78 is 5.27. The molecule has 0 spiro atoms. The number of hydrogen-bond donors (Lipinski definition) is 1. The summed E-state index contributed by atoms with van der Waals surface area (Å²) in [5.41, 5.74) is 6.34. The third-order valence-corrected chi connectivity index (χ3v) is 4.48. The first-order valence-electron chi connectivity index (χ1n) is 7.77. The summed E-state index contributed by atoms with van der Waals surface area (Å²) in [6.45, 7) is 12.9. The van der Waals surface area contributed by atoms with Crippen molar-refractivity contribution in [3.63, 3.8) is 0 Å². The fraction of sp³-hybridized carbons (Fsp3) is 1.00. The summed E-state index contributed by atoms with van der Waals surface area (Å²) in [4.78, 5) is 5.14. The smallest absolute Gasteiger partial charge is 0.0590 e. The average molecular weight is 271 g/mol. The second-order valence-electron chi connectivity index (χ2n) is 6.05. The van der Waals surface area contributed by atoms with Crippen LogP contribution in [0.4, 0.5) is 0 Å². The molecular formula is C15H33N3O. The standard InChI is InChI=1S/C15H33N3O/c1-5-8-17-9-6-15(13-16,7-10-17)18(14(2)3)11-12-19-4/h14H,5-13,16H2,1-4H3. The number of rotatable bonds is 8. The van der Waals surface area contributed by atoms with E-state index in [1.807, 2.05) is 0 Å². The topological polar surface area (TPSA) is 41.7 Å². The van der Waals surface area contributed by atoms with Gasteiger partial charge in [-0.3, -0.25) is 4.90 Å². The van der Waals surface area contributed by atoms with E-state index in [0.717, 1.165) is 19.7 Å². The van der Waals surface area contributed by atoms with E-state index in [1.54, 1.807) is 7.11 Å². The molecule has 0 unspecified atom stereocenters. The highest BCUT2D eigenvalue weighted by Gasteiger charge is 2.39. The number of methoxy groups -OCH3 is 1. The number of hydrogen-bond acceptors (Lipinski definition) is 4. The zero-order chi connectivity index (χ0) is 14.3. The Balaban J connectivity index is 2.67. The Morgan fingerprint density at radius 3 is 2.37 bits per heavy atom. The molecule has 0 amide bonds. The molecule has 0 aromatic heterocycles. The summed E-state index contributed by atoms with van der Waals surface area (Å²) >= 11 is 0. The largest absolute Gasteiger partial charge is 0.383 e. The first-order chi connectivity index (χ1) is 9.09. The number of ether oxygens (including phenoxy) is 1. The van der Waals surface area contributed by atoms with E-state index in [2.05, 4.69) is 30.6 Å². The molecule has 2 N–H and O–H groups in total. The molecule has 0 atom stereocenters. The minimum absolute atomic E-state index is 0.178. The summed E-state index contributed by atoms with van der Waals surface area (Å²) in [6, 6.07) is 0.524. The van der Waals surface area contributed by atoms with Crippen LogP contribution in [0.25, 0.3) is 0 Å². The van der Waals surface area contributed by atoms with Crippen molar-refractivity contribution < 1.29 is 4.74 Å². The SMILES string of the molecule is CCCN1CCC(CN)(N(CCOC)C(C)C)CC1. The molecule has 1 heterocycles. The minimum atomic E-state index is 0.178. The lowest BCUT2D eigenvalue weighted by Crippen LogP contribution is -2.62. The van der Waals surface area contributed by atoms with Crippen molar-refractivity contribution in [2.24, 2.45) is 5.73 Å². The Hall–Kier alpha value is -0.160. The molecule has 1 aliphatic rings. The molecule has 1 aliphatic heterocycles. The first kappa shape index (κ1) is 16.9. The Bertz CT molecular complexity index is 238. The maximum atomic E-state index is 6.17. The lowest BCUT2D eigenvalue weighted by Gasteiger charge is -2.50. The van der Waals surface area contributed by atoms with Crippen LogP contribution in [0.1, 0.15) is 40.0 Å². The highest BCUT2D eigenvalue weighted by molar-refractivity contribution is 4.97. The second-order valence-corrected chi connectivity index (χ2v) is 6.05. The molecule has 0 bridgehead atoms. The maximum absolute atomic E-state index is 6.17. The van der Waals surface area contributed by atoms with Crippen LogP contribution in [0.2, 0.25) is 0 Å². The van der Waals surface area contributed by atoms with Gasteiger partial charge in [-0.15, -0.1) is 0 Å². The molecule has 4 heteroatoms. The maximum Gasteiger partial charge on any atom is 0.0590 e. The van der Waals surface area contributed by atoms with E-state index < -0.39 is 0 Å². The molecule has 114 valence electrons. The van der Waals surface area contributed by atoms with Gasteiger partial charge in [-0.05, 0) is 52.7 Å². The first-order valence-corrected chi connectivity index (χ1v) is 7.77. The molecule has 0 aromatic carbocycles. The van der Waals surface area contributed by atoms with E-state index in [1.165, 1.54) is 38.9 Å². The normalized spacial score (nSPS) is 20.4. The van der Waals surface area contributed by atoms with Gasteiger partial charge >= 0.3 is 0 Å². The van der Waals surface area contributed by atoms with Crippen molar-refractivity contribution in [3.8, 4) is 0 Å². The van der Waals surface area contributed by atoms with Crippen LogP contribution < -0.4 is 5.73 Å². The van der Waals surface area contributed by atoms with Gasteiger partial charge in [0.2, 0.25) is 0 Å². The van der Waals surface area contributed by atoms with Gasteiger partial charge in [0.15, 0.2) is 0 Å². The molecule has 0 aromatic rings. The van der Waals surface area contributed by atoms with Crippen molar-refractivity contribution >= 4 is 0 Å². The van der Waals surface area contributed by atoms with Gasteiger partial charge in [0.05, 0.1) is 6.61 Å². The molecule has 19 heavy (non-hydrogen) atoms. The van der Waals surface area contributed by atoms with Gasteiger partial charge in [0.25, 0.3) is 0 Å². The van der Waals surface area contributed by atoms with Crippen LogP contribution >= 0.6 is 0 Å². The van der Waals surface area contributed by atoms with Crippen molar-refractivity contribution in [2.75, 3.05) is 46.4 Å². The molecular weight excluding hydrogens is 238 g/mol. The summed E-state index contributed by atoms with van der Waals surface area (Å²) in [5.74, 6) is 0. The highest BCUT2D eigenvalue weighted by atomic mass is 16.5. The monoisotopic (exact) mass is 271 g/mol. The van der Waals surface area contributed by atoms with Crippen LogP contribution in [0.15, 0.2) is 0 Å². The molecule has 4 nitrogen and oxygen atoms in total. The van der Waals surface area contributed by atoms with E-state index in [-0.39, 0.29) is 5.54 Å². The van der Waals surface area contributed by atoms with Crippen molar-refractivity contribution in [2.45, 2.75) is 51.6 Å². The molecule has 1 rings (SSSR count). The van der Waals surface area contributed by atoms with E-state index in [9.17, 15) is 0 Å².